The number of carbonyl (C=O) groups is 2. The Hall–Kier alpha value is -2.15. The summed E-state index contributed by atoms with van der Waals surface area (Å²) in [5.41, 5.74) is 1.68. The molecule has 7 nitrogen and oxygen atoms in total. The maximum absolute atomic E-state index is 12.1. The lowest BCUT2D eigenvalue weighted by Gasteiger charge is -2.34. The van der Waals surface area contributed by atoms with Gasteiger partial charge in [0.05, 0.1) is 18.3 Å². The number of carbonyl (C=O) groups excluding carboxylic acids is 1. The van der Waals surface area contributed by atoms with E-state index in [1.807, 2.05) is 13.0 Å². The fourth-order valence-electron chi connectivity index (χ4n) is 2.25. The molecule has 0 bridgehead atoms. The van der Waals surface area contributed by atoms with Gasteiger partial charge in [0.25, 0.3) is 0 Å². The van der Waals surface area contributed by atoms with Crippen molar-refractivity contribution in [2.45, 2.75) is 13.3 Å². The van der Waals surface area contributed by atoms with E-state index in [9.17, 15) is 9.59 Å². The van der Waals surface area contributed by atoms with E-state index in [1.54, 1.807) is 17.3 Å². The lowest BCUT2D eigenvalue weighted by atomic mass is 10.3. The Balaban J connectivity index is 1.79. The van der Waals surface area contributed by atoms with Crippen LogP contribution < -0.4 is 5.32 Å². The molecule has 1 aliphatic rings. The second kappa shape index (κ2) is 7.03. The normalized spacial score (nSPS) is 15.8. The number of aliphatic carboxylic acids is 1. The summed E-state index contributed by atoms with van der Waals surface area (Å²) < 4.78 is 0. The molecular weight excluding hydrogens is 272 g/mol. The molecule has 0 saturated carbocycles. The standard InChI is InChI=1S/C14H20N4O3/c1-11-8-12(10-15-9-11)16-14(21)18-6-4-17(5-7-18)3-2-13(19)20/h8-10H,2-7H2,1H3,(H,16,21)(H,19,20). The van der Waals surface area contributed by atoms with Crippen LogP contribution in [-0.4, -0.2) is 64.6 Å². The molecule has 0 spiro atoms. The molecule has 0 unspecified atom stereocenters. The first-order valence-electron chi connectivity index (χ1n) is 6.96. The van der Waals surface area contributed by atoms with Crippen LogP contribution >= 0.6 is 0 Å². The summed E-state index contributed by atoms with van der Waals surface area (Å²) in [7, 11) is 0. The van der Waals surface area contributed by atoms with Gasteiger partial charge in [-0.1, -0.05) is 0 Å². The van der Waals surface area contributed by atoms with Crippen molar-refractivity contribution in [3.63, 3.8) is 0 Å². The lowest BCUT2D eigenvalue weighted by molar-refractivity contribution is -0.137. The molecule has 1 aromatic heterocycles. The van der Waals surface area contributed by atoms with E-state index in [-0.39, 0.29) is 12.5 Å². The van der Waals surface area contributed by atoms with Gasteiger partial charge in [0.2, 0.25) is 0 Å². The van der Waals surface area contributed by atoms with Crippen LogP contribution in [0.15, 0.2) is 18.5 Å². The largest absolute Gasteiger partial charge is 0.481 e. The number of amides is 2. The first-order valence-corrected chi connectivity index (χ1v) is 6.96. The highest BCUT2D eigenvalue weighted by atomic mass is 16.4. The van der Waals surface area contributed by atoms with Crippen LogP contribution in [0.3, 0.4) is 0 Å². The molecule has 7 heteroatoms. The minimum Gasteiger partial charge on any atom is -0.481 e. The smallest absolute Gasteiger partial charge is 0.321 e. The second-order valence-electron chi connectivity index (χ2n) is 5.15. The van der Waals surface area contributed by atoms with E-state index in [0.717, 1.165) is 5.56 Å². The van der Waals surface area contributed by atoms with E-state index in [2.05, 4.69) is 15.2 Å². The third kappa shape index (κ3) is 4.71. The van der Waals surface area contributed by atoms with Gasteiger partial charge in [-0.05, 0) is 18.6 Å². The summed E-state index contributed by atoms with van der Waals surface area (Å²) in [4.78, 5) is 30.5. The van der Waals surface area contributed by atoms with Crippen molar-refractivity contribution in [3.8, 4) is 0 Å². The molecule has 0 atom stereocenters. The molecular formula is C14H20N4O3. The van der Waals surface area contributed by atoms with Crippen molar-refractivity contribution in [2.75, 3.05) is 38.0 Å². The number of carboxylic acids is 1. The number of aryl methyl sites for hydroxylation is 1. The zero-order chi connectivity index (χ0) is 15.2. The van der Waals surface area contributed by atoms with Crippen LogP contribution in [0.1, 0.15) is 12.0 Å². The zero-order valence-corrected chi connectivity index (χ0v) is 12.1. The highest BCUT2D eigenvalue weighted by Crippen LogP contribution is 2.10. The van der Waals surface area contributed by atoms with Crippen LogP contribution in [0.4, 0.5) is 10.5 Å². The molecule has 1 fully saturated rings. The quantitative estimate of drug-likeness (QED) is 0.865. The predicted molar refractivity (Wildman–Crippen MR) is 78.3 cm³/mol. The van der Waals surface area contributed by atoms with E-state index >= 15 is 0 Å². The molecule has 0 aliphatic carbocycles. The Morgan fingerprint density at radius 2 is 2.00 bits per heavy atom. The molecule has 0 aromatic carbocycles. The number of aromatic nitrogens is 1. The lowest BCUT2D eigenvalue weighted by Crippen LogP contribution is -2.50. The molecule has 2 heterocycles. The van der Waals surface area contributed by atoms with E-state index in [4.69, 9.17) is 5.11 Å². The second-order valence-corrected chi connectivity index (χ2v) is 5.15. The Morgan fingerprint density at radius 3 is 2.62 bits per heavy atom. The van der Waals surface area contributed by atoms with Crippen LogP contribution in [0, 0.1) is 6.92 Å². The minimum absolute atomic E-state index is 0.139. The Labute approximate surface area is 123 Å². The molecule has 1 aromatic rings. The topological polar surface area (TPSA) is 85.8 Å². The number of carboxylic acid groups (broad SMARTS) is 1. The molecule has 2 amide bonds. The molecule has 2 rings (SSSR count). The van der Waals surface area contributed by atoms with Gasteiger partial charge in [-0.25, -0.2) is 4.79 Å². The Bertz CT molecular complexity index is 513. The summed E-state index contributed by atoms with van der Waals surface area (Å²) in [5.74, 6) is -0.790. The summed E-state index contributed by atoms with van der Waals surface area (Å²) in [6.45, 7) is 5.06. The van der Waals surface area contributed by atoms with Crippen LogP contribution in [0.5, 0.6) is 0 Å². The summed E-state index contributed by atoms with van der Waals surface area (Å²) in [5, 5.41) is 11.5. The number of urea groups is 1. The van der Waals surface area contributed by atoms with Gasteiger partial charge in [-0.3, -0.25) is 14.7 Å². The first-order chi connectivity index (χ1) is 10.0. The number of hydrogen-bond acceptors (Lipinski definition) is 4. The third-order valence-corrected chi connectivity index (χ3v) is 3.43. The number of anilines is 1. The van der Waals surface area contributed by atoms with Gasteiger partial charge in [0, 0.05) is 38.9 Å². The maximum atomic E-state index is 12.1. The monoisotopic (exact) mass is 292 g/mol. The Kier molecular flexibility index (Phi) is 5.10. The number of nitrogens with zero attached hydrogens (tertiary/aromatic N) is 3. The van der Waals surface area contributed by atoms with E-state index < -0.39 is 5.97 Å². The van der Waals surface area contributed by atoms with Gasteiger partial charge in [-0.2, -0.15) is 0 Å². The fourth-order valence-corrected chi connectivity index (χ4v) is 2.25. The first kappa shape index (κ1) is 15.2. The average Bonchev–Trinajstić information content (AvgIpc) is 2.45. The van der Waals surface area contributed by atoms with E-state index in [1.165, 1.54) is 0 Å². The van der Waals surface area contributed by atoms with Crippen LogP contribution in [0.25, 0.3) is 0 Å². The molecule has 1 aliphatic heterocycles. The molecule has 21 heavy (non-hydrogen) atoms. The van der Waals surface area contributed by atoms with Crippen molar-refractivity contribution in [1.82, 2.24) is 14.8 Å². The maximum Gasteiger partial charge on any atom is 0.321 e. The summed E-state index contributed by atoms with van der Waals surface area (Å²) >= 11 is 0. The van der Waals surface area contributed by atoms with Crippen LogP contribution in [0.2, 0.25) is 0 Å². The number of pyridine rings is 1. The van der Waals surface area contributed by atoms with Crippen molar-refractivity contribution in [3.05, 3.63) is 24.0 Å². The molecule has 0 radical (unpaired) electrons. The third-order valence-electron chi connectivity index (χ3n) is 3.43. The molecule has 2 N–H and O–H groups in total. The molecule has 114 valence electrons. The highest BCUT2D eigenvalue weighted by molar-refractivity contribution is 5.89. The summed E-state index contributed by atoms with van der Waals surface area (Å²) in [6, 6.07) is 1.73. The number of piperazine rings is 1. The van der Waals surface area contributed by atoms with Crippen molar-refractivity contribution in [1.29, 1.82) is 0 Å². The number of nitrogens with one attached hydrogen (secondary N) is 1. The number of rotatable bonds is 4. The SMILES string of the molecule is Cc1cncc(NC(=O)N2CCN(CCC(=O)O)CC2)c1. The number of hydrogen-bond donors (Lipinski definition) is 2. The fraction of sp³-hybridized carbons (Fsp3) is 0.500. The zero-order valence-electron chi connectivity index (χ0n) is 12.1. The van der Waals surface area contributed by atoms with Crippen molar-refractivity contribution in [2.24, 2.45) is 0 Å². The Morgan fingerprint density at radius 1 is 1.29 bits per heavy atom. The van der Waals surface area contributed by atoms with Gasteiger partial charge in [0.15, 0.2) is 0 Å². The van der Waals surface area contributed by atoms with Crippen molar-refractivity contribution >= 4 is 17.7 Å². The summed E-state index contributed by atoms with van der Waals surface area (Å²) in [6.07, 6.45) is 3.49. The van der Waals surface area contributed by atoms with Crippen LogP contribution in [-0.2, 0) is 4.79 Å². The van der Waals surface area contributed by atoms with Gasteiger partial charge >= 0.3 is 12.0 Å². The van der Waals surface area contributed by atoms with Gasteiger partial charge < -0.3 is 15.3 Å². The predicted octanol–water partition coefficient (Wildman–Crippen LogP) is 1.01. The minimum atomic E-state index is -0.790. The average molecular weight is 292 g/mol. The van der Waals surface area contributed by atoms with Gasteiger partial charge in [-0.15, -0.1) is 0 Å². The highest BCUT2D eigenvalue weighted by Gasteiger charge is 2.21. The van der Waals surface area contributed by atoms with E-state index in [0.29, 0.717) is 38.4 Å². The van der Waals surface area contributed by atoms with Crippen molar-refractivity contribution < 1.29 is 14.7 Å². The molecule has 1 saturated heterocycles. The van der Waals surface area contributed by atoms with Gasteiger partial charge in [0.1, 0.15) is 0 Å².